The molecule has 276 valence electrons. The Morgan fingerprint density at radius 1 is 0.878 bits per heavy atom. The molecule has 1 aliphatic heterocycles. The zero-order valence-electron chi connectivity index (χ0n) is 28.3. The maximum Gasteiger partial charge on any atom is 0.200 e. The third-order valence-electron chi connectivity index (χ3n) is 9.51. The first-order valence-corrected chi connectivity index (χ1v) is 19.4. The van der Waals surface area contributed by atoms with E-state index < -0.39 is 37.8 Å². The van der Waals surface area contributed by atoms with E-state index in [-0.39, 0.29) is 59.6 Å². The number of hydrogen-bond donors (Lipinski definition) is 8. The van der Waals surface area contributed by atoms with E-state index in [1.165, 1.54) is 34.8 Å². The van der Waals surface area contributed by atoms with Crippen LogP contribution in [-0.2, 0) is 17.6 Å². The van der Waals surface area contributed by atoms with Crippen molar-refractivity contribution in [3.8, 4) is 28.7 Å². The topological polar surface area (TPSA) is 191 Å². The minimum Gasteiger partial charge on any atom is -0.504 e. The summed E-state index contributed by atoms with van der Waals surface area (Å²) in [6, 6.07) is 6.74. The lowest BCUT2D eigenvalue weighted by atomic mass is 9.85. The second-order valence-electron chi connectivity index (χ2n) is 12.8. The molecule has 4 rings (SSSR count). The molecule has 0 saturated heterocycles. The number of phenolic OH excluding ortho intramolecular Hbond substituents is 2. The quantitative estimate of drug-likeness (QED) is 0.110. The fourth-order valence-corrected chi connectivity index (χ4v) is 9.77. The molecular weight excluding hydrogens is 675 g/mol. The fraction of sp³-hybridized carbons (Fsp3) is 0.657. The third-order valence-corrected chi connectivity index (χ3v) is 12.4. The molecule has 1 fully saturated rings. The van der Waals surface area contributed by atoms with Crippen LogP contribution in [0.2, 0.25) is 0 Å². The molecule has 49 heavy (non-hydrogen) atoms. The number of fused-ring (bicyclic) bond motifs is 1. The molecule has 1 aliphatic carbocycles. The molecule has 0 spiro atoms. The lowest BCUT2D eigenvalue weighted by Crippen LogP contribution is -2.38. The fourth-order valence-electron chi connectivity index (χ4n) is 6.87. The van der Waals surface area contributed by atoms with Crippen molar-refractivity contribution in [2.45, 2.75) is 87.5 Å². The number of aryl methyl sites for hydroxylation is 1. The first-order valence-electron chi connectivity index (χ1n) is 17.0. The van der Waals surface area contributed by atoms with Crippen molar-refractivity contribution in [3.63, 3.8) is 0 Å². The number of nitrogens with one attached hydrogen (secondary N) is 1. The van der Waals surface area contributed by atoms with Crippen LogP contribution in [0.1, 0.15) is 66.9 Å². The Balaban J connectivity index is 1.60. The first kappa shape index (κ1) is 39.6. The molecule has 0 aromatic heterocycles. The van der Waals surface area contributed by atoms with Crippen molar-refractivity contribution < 1.29 is 54.7 Å². The predicted molar refractivity (Wildman–Crippen MR) is 189 cm³/mol. The zero-order chi connectivity index (χ0) is 35.3. The Bertz CT molecular complexity index is 1300. The summed E-state index contributed by atoms with van der Waals surface area (Å²) in [5, 5.41) is 76.7. The summed E-state index contributed by atoms with van der Waals surface area (Å²) in [6.07, 6.45) is 2.99. The summed E-state index contributed by atoms with van der Waals surface area (Å²) in [5.41, 5.74) is 2.38. The number of aromatic hydroxyl groups is 2. The average molecular weight is 728 g/mol. The van der Waals surface area contributed by atoms with Gasteiger partial charge in [-0.05, 0) is 118 Å². The SMILES string of the molecule is CNCC1CCC(Oc2cc3c(cc2O)C(CCO)SSCC(O)C(Cc2cc(OC)c(O)c(OCO)c2)C(O)CC(OCO)CC3)CC1. The van der Waals surface area contributed by atoms with Crippen LogP contribution < -0.4 is 19.5 Å². The summed E-state index contributed by atoms with van der Waals surface area (Å²) in [4.78, 5) is 0. The van der Waals surface area contributed by atoms with E-state index in [1.807, 2.05) is 13.1 Å². The molecule has 14 heteroatoms. The Morgan fingerprint density at radius 2 is 1.63 bits per heavy atom. The summed E-state index contributed by atoms with van der Waals surface area (Å²) < 4.78 is 22.5. The Morgan fingerprint density at radius 3 is 2.31 bits per heavy atom. The number of ether oxygens (including phenoxy) is 4. The molecule has 1 heterocycles. The molecule has 8 N–H and O–H groups in total. The molecule has 0 radical (unpaired) electrons. The molecule has 0 bridgehead atoms. The van der Waals surface area contributed by atoms with E-state index in [0.717, 1.165) is 43.4 Å². The van der Waals surface area contributed by atoms with E-state index in [2.05, 4.69) is 5.32 Å². The molecule has 5 unspecified atom stereocenters. The van der Waals surface area contributed by atoms with Crippen LogP contribution in [0, 0.1) is 11.8 Å². The number of methoxy groups -OCH3 is 1. The summed E-state index contributed by atoms with van der Waals surface area (Å²) >= 11 is 0. The lowest BCUT2D eigenvalue weighted by Gasteiger charge is -2.30. The zero-order valence-corrected chi connectivity index (χ0v) is 30.0. The Labute approximate surface area is 296 Å². The van der Waals surface area contributed by atoms with Gasteiger partial charge in [-0.25, -0.2) is 0 Å². The van der Waals surface area contributed by atoms with E-state index in [1.54, 1.807) is 12.1 Å². The minimum absolute atomic E-state index is 0.00357. The average Bonchev–Trinajstić information content (AvgIpc) is 3.09. The van der Waals surface area contributed by atoms with Crippen molar-refractivity contribution in [1.82, 2.24) is 5.32 Å². The number of rotatable bonds is 13. The van der Waals surface area contributed by atoms with E-state index in [9.17, 15) is 35.7 Å². The Hall–Kier alpha value is -2.14. The highest BCUT2D eigenvalue weighted by molar-refractivity contribution is 8.76. The number of aliphatic hydroxyl groups excluding tert-OH is 5. The van der Waals surface area contributed by atoms with Gasteiger partial charge in [-0.3, -0.25) is 0 Å². The molecule has 12 nitrogen and oxygen atoms in total. The van der Waals surface area contributed by atoms with E-state index in [4.69, 9.17) is 18.9 Å². The van der Waals surface area contributed by atoms with Gasteiger partial charge in [0.05, 0.1) is 31.5 Å². The highest BCUT2D eigenvalue weighted by atomic mass is 33.1. The van der Waals surface area contributed by atoms with E-state index >= 15 is 0 Å². The van der Waals surface area contributed by atoms with Gasteiger partial charge in [0, 0.05) is 23.5 Å². The van der Waals surface area contributed by atoms with Gasteiger partial charge in [0.1, 0.15) is 6.79 Å². The normalized spacial score (nSPS) is 26.9. The first-order chi connectivity index (χ1) is 23.7. The molecule has 2 aromatic rings. The van der Waals surface area contributed by atoms with Crippen LogP contribution in [0.4, 0.5) is 0 Å². The van der Waals surface area contributed by atoms with Gasteiger partial charge in [0.15, 0.2) is 29.8 Å². The van der Waals surface area contributed by atoms with Gasteiger partial charge in [0.25, 0.3) is 0 Å². The number of aliphatic hydroxyl groups is 5. The standard InChI is InChI=1S/C35H53NO11S2/c1-36-17-21-3-6-24(7-4-21)47-31-14-23-5-8-25(45-19-38)15-28(40)27(11-22-12-32(44-2)35(43)33(13-22)46-20-39)30(42)18-48-49-34(9-10-37)26(23)16-29(31)41/h12-14,16,21,24-25,27-28,30,34,36-43H,3-11,15,17-20H2,1-2H3. The van der Waals surface area contributed by atoms with Crippen LogP contribution in [0.5, 0.6) is 28.7 Å². The van der Waals surface area contributed by atoms with Crippen LogP contribution in [0.3, 0.4) is 0 Å². The van der Waals surface area contributed by atoms with Crippen LogP contribution in [0.15, 0.2) is 24.3 Å². The summed E-state index contributed by atoms with van der Waals surface area (Å²) in [5.74, 6) is 0.505. The van der Waals surface area contributed by atoms with Gasteiger partial charge in [0.2, 0.25) is 5.75 Å². The lowest BCUT2D eigenvalue weighted by molar-refractivity contribution is -0.0808. The maximum atomic E-state index is 11.6. The number of benzene rings is 2. The van der Waals surface area contributed by atoms with Crippen LogP contribution in [0.25, 0.3) is 0 Å². The van der Waals surface area contributed by atoms with Crippen LogP contribution in [-0.4, -0.2) is 107 Å². The summed E-state index contributed by atoms with van der Waals surface area (Å²) in [6.45, 7) is -0.306. The van der Waals surface area contributed by atoms with Gasteiger partial charge in [-0.15, -0.1) is 0 Å². The van der Waals surface area contributed by atoms with Crippen molar-refractivity contribution in [2.75, 3.05) is 46.6 Å². The molecule has 0 amide bonds. The number of hydrogen-bond acceptors (Lipinski definition) is 14. The molecule has 1 saturated carbocycles. The second-order valence-corrected chi connectivity index (χ2v) is 15.4. The highest BCUT2D eigenvalue weighted by Gasteiger charge is 2.32. The minimum atomic E-state index is -1.04. The molecule has 2 aromatic carbocycles. The van der Waals surface area contributed by atoms with Gasteiger partial charge in [-0.1, -0.05) is 21.6 Å². The van der Waals surface area contributed by atoms with Gasteiger partial charge < -0.3 is 60.0 Å². The van der Waals surface area contributed by atoms with Gasteiger partial charge in [-0.2, -0.15) is 0 Å². The van der Waals surface area contributed by atoms with Crippen LogP contribution >= 0.6 is 21.6 Å². The summed E-state index contributed by atoms with van der Waals surface area (Å²) in [7, 11) is 6.27. The molecule has 5 atom stereocenters. The van der Waals surface area contributed by atoms with Gasteiger partial charge >= 0.3 is 0 Å². The smallest absolute Gasteiger partial charge is 0.200 e. The maximum absolute atomic E-state index is 11.6. The predicted octanol–water partition coefficient (Wildman–Crippen LogP) is 3.65. The molecule has 2 aliphatic rings. The van der Waals surface area contributed by atoms with Crippen molar-refractivity contribution >= 4 is 21.6 Å². The van der Waals surface area contributed by atoms with Crippen molar-refractivity contribution in [2.24, 2.45) is 11.8 Å². The highest BCUT2D eigenvalue weighted by Crippen LogP contribution is 2.46. The monoisotopic (exact) mass is 727 g/mol. The molecular formula is C35H53NO11S2. The Kier molecular flexibility index (Phi) is 16.2. The second kappa shape index (κ2) is 20.0. The third kappa shape index (κ3) is 11.2. The van der Waals surface area contributed by atoms with Crippen molar-refractivity contribution in [3.05, 3.63) is 41.0 Å². The van der Waals surface area contributed by atoms with Crippen molar-refractivity contribution in [1.29, 1.82) is 0 Å². The number of phenols is 2. The van der Waals surface area contributed by atoms with E-state index in [0.29, 0.717) is 36.5 Å². The largest absolute Gasteiger partial charge is 0.504 e.